The number of carboxylic acids is 1. The van der Waals surface area contributed by atoms with Crippen molar-refractivity contribution in [1.82, 2.24) is 9.97 Å². The minimum Gasteiger partial charge on any atom is -0.480 e. The van der Waals surface area contributed by atoms with E-state index >= 15 is 0 Å². The number of aliphatic carboxylic acids is 1. The van der Waals surface area contributed by atoms with Crippen molar-refractivity contribution in [2.24, 2.45) is 0 Å². The molecule has 2 unspecified atom stereocenters. The molecule has 2 atom stereocenters. The summed E-state index contributed by atoms with van der Waals surface area (Å²) >= 11 is 1.54. The van der Waals surface area contributed by atoms with Gasteiger partial charge in [0.15, 0.2) is 0 Å². The predicted molar refractivity (Wildman–Crippen MR) is 140 cm³/mol. The number of aromatic nitrogens is 2. The van der Waals surface area contributed by atoms with E-state index in [0.717, 1.165) is 21.5 Å². The maximum Gasteiger partial charge on any atom is 0.326 e. The van der Waals surface area contributed by atoms with E-state index in [2.05, 4.69) is 20.6 Å². The molecule has 182 valence electrons. The molecule has 0 spiro atoms. The average Bonchev–Trinajstić information content (AvgIpc) is 3.36. The number of benzene rings is 1. The number of thiophene rings is 1. The standard InChI is InChI=1S/C25H27N5O4S/c1-4-16(18(25(33)34)29-19-20(22(32)21(19)31)30(5-2)6-3)14-7-9-15(10-8-14)28-23-17-11-12-35-24(17)27-13-26-23/h7-13,16,18,29H,4-6H2,1-3H3,(H,33,34)(H,26,27,28). The molecule has 2 aromatic heterocycles. The van der Waals surface area contributed by atoms with E-state index in [-0.39, 0.29) is 11.4 Å². The van der Waals surface area contributed by atoms with Crippen molar-refractivity contribution in [3.63, 3.8) is 0 Å². The van der Waals surface area contributed by atoms with Crippen molar-refractivity contribution in [3.05, 3.63) is 68.0 Å². The van der Waals surface area contributed by atoms with Crippen molar-refractivity contribution < 1.29 is 9.90 Å². The van der Waals surface area contributed by atoms with Crippen LogP contribution in [0.5, 0.6) is 0 Å². The van der Waals surface area contributed by atoms with Crippen LogP contribution < -0.4 is 26.4 Å². The van der Waals surface area contributed by atoms with Gasteiger partial charge in [0, 0.05) is 24.7 Å². The second kappa shape index (κ2) is 10.2. The maximum absolute atomic E-state index is 12.3. The SMILES string of the molecule is CCC(c1ccc(Nc2ncnc3sccc23)cc1)C(Nc1c(N(CC)CC)c(=O)c1=O)C(=O)O. The van der Waals surface area contributed by atoms with E-state index in [1.807, 2.05) is 56.5 Å². The number of nitrogens with one attached hydrogen (secondary N) is 2. The lowest BCUT2D eigenvalue weighted by Gasteiger charge is -2.29. The van der Waals surface area contributed by atoms with Gasteiger partial charge in [-0.1, -0.05) is 19.1 Å². The number of nitrogens with zero attached hydrogens (tertiary/aromatic N) is 3. The van der Waals surface area contributed by atoms with E-state index < -0.39 is 28.8 Å². The Bertz CT molecular complexity index is 1400. The zero-order valence-electron chi connectivity index (χ0n) is 19.7. The van der Waals surface area contributed by atoms with Gasteiger partial charge in [0.05, 0.1) is 5.39 Å². The number of carboxylic acid groups (broad SMARTS) is 1. The molecule has 0 fully saturated rings. The van der Waals surface area contributed by atoms with E-state index in [1.165, 1.54) is 17.7 Å². The summed E-state index contributed by atoms with van der Waals surface area (Å²) in [5.74, 6) is -0.804. The highest BCUT2D eigenvalue weighted by Gasteiger charge is 2.33. The highest BCUT2D eigenvalue weighted by atomic mass is 32.1. The molecule has 4 rings (SSSR count). The number of hydrogen-bond donors (Lipinski definition) is 3. The Labute approximate surface area is 206 Å². The summed E-state index contributed by atoms with van der Waals surface area (Å²) in [5, 5.41) is 19.1. The smallest absolute Gasteiger partial charge is 0.326 e. The van der Waals surface area contributed by atoms with Gasteiger partial charge < -0.3 is 20.6 Å². The van der Waals surface area contributed by atoms with Crippen LogP contribution in [0.4, 0.5) is 22.9 Å². The predicted octanol–water partition coefficient (Wildman–Crippen LogP) is 3.94. The summed E-state index contributed by atoms with van der Waals surface area (Å²) in [4.78, 5) is 48.0. The molecule has 0 bridgehead atoms. The molecule has 4 aromatic rings. The van der Waals surface area contributed by atoms with Crippen molar-refractivity contribution in [1.29, 1.82) is 0 Å². The molecule has 3 N–H and O–H groups in total. The van der Waals surface area contributed by atoms with Crippen molar-refractivity contribution in [3.8, 4) is 0 Å². The number of carbonyl (C=O) groups is 1. The third kappa shape index (κ3) is 4.61. The molecular formula is C25H27N5O4S. The first kappa shape index (κ1) is 24.3. The van der Waals surface area contributed by atoms with E-state index in [4.69, 9.17) is 0 Å². The molecule has 0 aliphatic rings. The Morgan fingerprint density at radius 1 is 1.06 bits per heavy atom. The fourth-order valence-corrected chi connectivity index (χ4v) is 5.08. The number of anilines is 4. The summed E-state index contributed by atoms with van der Waals surface area (Å²) in [6.45, 7) is 6.76. The Morgan fingerprint density at radius 3 is 2.40 bits per heavy atom. The van der Waals surface area contributed by atoms with Gasteiger partial charge in [0.2, 0.25) is 0 Å². The first-order valence-corrected chi connectivity index (χ1v) is 12.4. The summed E-state index contributed by atoms with van der Waals surface area (Å²) in [5.41, 5.74) is 0.729. The molecule has 2 heterocycles. The average molecular weight is 494 g/mol. The van der Waals surface area contributed by atoms with Gasteiger partial charge in [-0.3, -0.25) is 9.59 Å². The van der Waals surface area contributed by atoms with E-state index in [9.17, 15) is 19.5 Å². The van der Waals surface area contributed by atoms with Crippen LogP contribution in [0.3, 0.4) is 0 Å². The zero-order chi connectivity index (χ0) is 25.1. The molecular weight excluding hydrogens is 466 g/mol. The lowest BCUT2D eigenvalue weighted by molar-refractivity contribution is -0.138. The van der Waals surface area contributed by atoms with Crippen molar-refractivity contribution in [2.75, 3.05) is 28.6 Å². The number of hydrogen-bond acceptors (Lipinski definition) is 9. The zero-order valence-corrected chi connectivity index (χ0v) is 20.6. The lowest BCUT2D eigenvalue weighted by atomic mass is 9.88. The Hall–Kier alpha value is -3.79. The van der Waals surface area contributed by atoms with Crippen LogP contribution in [0.1, 0.15) is 38.7 Å². The van der Waals surface area contributed by atoms with Crippen molar-refractivity contribution in [2.45, 2.75) is 39.2 Å². The molecule has 35 heavy (non-hydrogen) atoms. The van der Waals surface area contributed by atoms with Gasteiger partial charge in [-0.05, 0) is 49.4 Å². The van der Waals surface area contributed by atoms with Gasteiger partial charge in [-0.25, -0.2) is 14.8 Å². The number of fused-ring (bicyclic) bond motifs is 1. The first-order chi connectivity index (χ1) is 16.9. The molecule has 0 saturated carbocycles. The molecule has 0 aliphatic carbocycles. The highest BCUT2D eigenvalue weighted by Crippen LogP contribution is 2.31. The third-order valence-corrected chi connectivity index (χ3v) is 7.06. The van der Waals surface area contributed by atoms with Crippen molar-refractivity contribution >= 4 is 50.4 Å². The monoisotopic (exact) mass is 493 g/mol. The Morgan fingerprint density at radius 2 is 1.77 bits per heavy atom. The van der Waals surface area contributed by atoms with Crippen LogP contribution in [0.25, 0.3) is 10.2 Å². The van der Waals surface area contributed by atoms with Gasteiger partial charge in [0.1, 0.15) is 34.4 Å². The summed E-state index contributed by atoms with van der Waals surface area (Å²) < 4.78 is 0. The topological polar surface area (TPSA) is 125 Å². The summed E-state index contributed by atoms with van der Waals surface area (Å²) in [6.07, 6.45) is 2.04. The highest BCUT2D eigenvalue weighted by molar-refractivity contribution is 7.16. The maximum atomic E-state index is 12.3. The summed E-state index contributed by atoms with van der Waals surface area (Å²) in [7, 11) is 0. The molecule has 0 amide bonds. The van der Waals surface area contributed by atoms with Gasteiger partial charge in [0.25, 0.3) is 10.9 Å². The van der Waals surface area contributed by atoms with Crippen LogP contribution in [-0.4, -0.2) is 40.2 Å². The van der Waals surface area contributed by atoms with Gasteiger partial charge in [-0.2, -0.15) is 0 Å². The van der Waals surface area contributed by atoms with Crippen LogP contribution in [0.15, 0.2) is 51.6 Å². The van der Waals surface area contributed by atoms with Crippen LogP contribution >= 0.6 is 11.3 Å². The van der Waals surface area contributed by atoms with E-state index in [1.54, 1.807) is 4.90 Å². The quantitative estimate of drug-likeness (QED) is 0.266. The van der Waals surface area contributed by atoms with Crippen LogP contribution in [0.2, 0.25) is 0 Å². The minimum absolute atomic E-state index is 0.0892. The molecule has 0 saturated heterocycles. The second-order valence-corrected chi connectivity index (χ2v) is 9.03. The summed E-state index contributed by atoms with van der Waals surface area (Å²) in [6, 6.07) is 8.37. The van der Waals surface area contributed by atoms with Crippen LogP contribution in [0, 0.1) is 0 Å². The van der Waals surface area contributed by atoms with E-state index in [0.29, 0.717) is 25.3 Å². The molecule has 9 nitrogen and oxygen atoms in total. The molecule has 0 radical (unpaired) electrons. The first-order valence-electron chi connectivity index (χ1n) is 11.5. The lowest BCUT2D eigenvalue weighted by Crippen LogP contribution is -2.46. The Balaban J connectivity index is 1.58. The fourth-order valence-electron chi connectivity index (χ4n) is 4.35. The Kier molecular flexibility index (Phi) is 7.11. The third-order valence-electron chi connectivity index (χ3n) is 6.24. The molecule has 10 heteroatoms. The number of rotatable bonds is 11. The van der Waals surface area contributed by atoms with Crippen LogP contribution in [-0.2, 0) is 4.79 Å². The second-order valence-electron chi connectivity index (χ2n) is 8.14. The largest absolute Gasteiger partial charge is 0.480 e. The minimum atomic E-state index is -1.08. The van der Waals surface area contributed by atoms with Gasteiger partial charge in [-0.15, -0.1) is 11.3 Å². The normalized spacial score (nSPS) is 13.0. The fraction of sp³-hybridized carbons (Fsp3) is 0.320. The molecule has 2 aromatic carbocycles. The van der Waals surface area contributed by atoms with Gasteiger partial charge >= 0.3 is 5.97 Å². The molecule has 0 aliphatic heterocycles.